The van der Waals surface area contributed by atoms with Gasteiger partial charge in [-0.25, -0.2) is 0 Å². The van der Waals surface area contributed by atoms with Crippen molar-refractivity contribution in [3.8, 4) is 0 Å². The molecule has 0 saturated carbocycles. The van der Waals surface area contributed by atoms with Gasteiger partial charge < -0.3 is 9.84 Å². The smallest absolute Gasteiger partial charge is 0.125 e. The number of halogens is 1. The predicted octanol–water partition coefficient (Wildman–Crippen LogP) is 4.09. The molecule has 2 aromatic rings. The van der Waals surface area contributed by atoms with Crippen LogP contribution in [0.15, 0.2) is 60.7 Å². The summed E-state index contributed by atoms with van der Waals surface area (Å²) in [6, 6.07) is 19.9. The number of aliphatic hydroxyl groups is 1. The third-order valence-electron chi connectivity index (χ3n) is 4.45. The fraction of sp³-hybridized carbons (Fsp3) is 0.333. The highest BCUT2D eigenvalue weighted by atomic mass is 127. The molecule has 1 aliphatic rings. The molecule has 0 radical (unpaired) electrons. The molecule has 1 aliphatic heterocycles. The van der Waals surface area contributed by atoms with Crippen molar-refractivity contribution < 1.29 is 9.84 Å². The maximum Gasteiger partial charge on any atom is 0.125 e. The van der Waals surface area contributed by atoms with Crippen molar-refractivity contribution in [1.82, 2.24) is 0 Å². The maximum atomic E-state index is 11.5. The van der Waals surface area contributed by atoms with Crippen LogP contribution in [0.3, 0.4) is 0 Å². The number of alkyl halides is 1. The lowest BCUT2D eigenvalue weighted by Crippen LogP contribution is -2.36. The van der Waals surface area contributed by atoms with E-state index in [4.69, 9.17) is 4.74 Å². The molecule has 0 aliphatic carbocycles. The Morgan fingerprint density at radius 3 is 2.19 bits per heavy atom. The first-order chi connectivity index (χ1) is 10.2. The number of hydrogen-bond donors (Lipinski definition) is 1. The van der Waals surface area contributed by atoms with E-state index in [-0.39, 0.29) is 18.1 Å². The minimum absolute atomic E-state index is 0.0435. The normalized spacial score (nSPS) is 32.2. The highest BCUT2D eigenvalue weighted by Crippen LogP contribution is 2.51. The summed E-state index contributed by atoms with van der Waals surface area (Å²) in [5.41, 5.74) is 0.972. The van der Waals surface area contributed by atoms with Gasteiger partial charge in [0.1, 0.15) is 11.7 Å². The van der Waals surface area contributed by atoms with E-state index >= 15 is 0 Å². The molecule has 1 saturated heterocycles. The summed E-state index contributed by atoms with van der Waals surface area (Å²) in [5, 5.41) is 11.5. The summed E-state index contributed by atoms with van der Waals surface area (Å²) < 4.78 is 7.09. The van der Waals surface area contributed by atoms with E-state index in [9.17, 15) is 5.11 Å². The third-order valence-corrected chi connectivity index (χ3v) is 5.32. The largest absolute Gasteiger partial charge is 0.382 e. The number of benzene rings is 2. The quantitative estimate of drug-likeness (QED) is 0.628. The molecule has 2 aromatic carbocycles. The van der Waals surface area contributed by atoms with Crippen molar-refractivity contribution in [3.63, 3.8) is 0 Å². The van der Waals surface area contributed by atoms with Crippen LogP contribution >= 0.6 is 22.6 Å². The second-order valence-electron chi connectivity index (χ2n) is 5.60. The lowest BCUT2D eigenvalue weighted by Gasteiger charge is -2.33. The highest BCUT2D eigenvalue weighted by Gasteiger charge is 2.54. The average Bonchev–Trinajstić information content (AvgIpc) is 2.82. The Morgan fingerprint density at radius 1 is 1.05 bits per heavy atom. The zero-order valence-corrected chi connectivity index (χ0v) is 14.1. The van der Waals surface area contributed by atoms with Crippen molar-refractivity contribution in [2.45, 2.75) is 24.7 Å². The van der Waals surface area contributed by atoms with Gasteiger partial charge >= 0.3 is 0 Å². The van der Waals surface area contributed by atoms with Crippen LogP contribution in [-0.2, 0) is 10.3 Å². The van der Waals surface area contributed by atoms with Crippen LogP contribution in [0.25, 0.3) is 0 Å². The SMILES string of the molecule is C[C@@H]1[C@@H](CI)O[C@H](c2ccccc2)[C@@]1(O)c1ccccc1. The zero-order valence-electron chi connectivity index (χ0n) is 11.9. The Bertz CT molecular complexity index is 587. The van der Waals surface area contributed by atoms with Gasteiger partial charge in [-0.2, -0.15) is 0 Å². The minimum Gasteiger partial charge on any atom is -0.382 e. The van der Waals surface area contributed by atoms with E-state index in [1.54, 1.807) is 0 Å². The van der Waals surface area contributed by atoms with Crippen molar-refractivity contribution in [1.29, 1.82) is 0 Å². The second-order valence-corrected chi connectivity index (χ2v) is 6.48. The summed E-state index contributed by atoms with van der Waals surface area (Å²) in [7, 11) is 0. The first-order valence-electron chi connectivity index (χ1n) is 7.22. The molecule has 0 unspecified atom stereocenters. The molecule has 3 rings (SSSR count). The fourth-order valence-corrected chi connectivity index (χ4v) is 4.14. The van der Waals surface area contributed by atoms with Crippen molar-refractivity contribution in [2.24, 2.45) is 5.92 Å². The van der Waals surface area contributed by atoms with Gasteiger partial charge in [0.2, 0.25) is 0 Å². The van der Waals surface area contributed by atoms with E-state index in [1.165, 1.54) is 0 Å². The van der Waals surface area contributed by atoms with Gasteiger partial charge in [0.25, 0.3) is 0 Å². The highest BCUT2D eigenvalue weighted by molar-refractivity contribution is 14.1. The Hall–Kier alpha value is -0.910. The van der Waals surface area contributed by atoms with E-state index in [2.05, 4.69) is 29.5 Å². The van der Waals surface area contributed by atoms with Gasteiger partial charge in [0.15, 0.2) is 0 Å². The molecule has 110 valence electrons. The van der Waals surface area contributed by atoms with Crippen LogP contribution in [0.2, 0.25) is 0 Å². The number of rotatable bonds is 3. The average molecular weight is 394 g/mol. The molecule has 1 fully saturated rings. The standard InChI is InChI=1S/C18H19IO2/c1-13-16(12-19)21-17(14-8-4-2-5-9-14)18(13,20)15-10-6-3-7-11-15/h2-11,13,16-17,20H,12H2,1H3/t13-,16-,17-,18+/m1/s1. The Morgan fingerprint density at radius 2 is 1.62 bits per heavy atom. The molecule has 0 aromatic heterocycles. The molecule has 2 nitrogen and oxygen atoms in total. The Labute approximate surface area is 139 Å². The molecule has 0 bridgehead atoms. The summed E-state index contributed by atoms with van der Waals surface area (Å²) >= 11 is 2.33. The summed E-state index contributed by atoms with van der Waals surface area (Å²) in [5.74, 6) is 0.0435. The third kappa shape index (κ3) is 2.51. The first kappa shape index (κ1) is 15.0. The minimum atomic E-state index is -0.988. The Kier molecular flexibility index (Phi) is 4.33. The van der Waals surface area contributed by atoms with Gasteiger partial charge in [0.05, 0.1) is 6.10 Å². The summed E-state index contributed by atoms with van der Waals surface area (Å²) in [6.07, 6.45) is -0.267. The molecule has 1 N–H and O–H groups in total. The lowest BCUT2D eigenvalue weighted by atomic mass is 9.76. The van der Waals surface area contributed by atoms with Crippen molar-refractivity contribution >= 4 is 22.6 Å². The van der Waals surface area contributed by atoms with E-state index in [0.29, 0.717) is 0 Å². The van der Waals surface area contributed by atoms with Crippen LogP contribution in [0, 0.1) is 5.92 Å². The van der Waals surface area contributed by atoms with E-state index in [0.717, 1.165) is 15.6 Å². The molecule has 1 heterocycles. The predicted molar refractivity (Wildman–Crippen MR) is 92.4 cm³/mol. The van der Waals surface area contributed by atoms with E-state index in [1.807, 2.05) is 60.7 Å². The van der Waals surface area contributed by atoms with Crippen molar-refractivity contribution in [2.75, 3.05) is 4.43 Å². The topological polar surface area (TPSA) is 29.5 Å². The molecule has 0 spiro atoms. The molecule has 4 atom stereocenters. The molecule has 21 heavy (non-hydrogen) atoms. The van der Waals surface area contributed by atoms with Gasteiger partial charge in [-0.1, -0.05) is 90.2 Å². The van der Waals surface area contributed by atoms with Crippen LogP contribution in [0.4, 0.5) is 0 Å². The van der Waals surface area contributed by atoms with Gasteiger partial charge in [-0.3, -0.25) is 0 Å². The molecule has 3 heteroatoms. The summed E-state index contributed by atoms with van der Waals surface area (Å²) in [4.78, 5) is 0. The molecule has 0 amide bonds. The Balaban J connectivity index is 2.09. The summed E-state index contributed by atoms with van der Waals surface area (Å²) in [6.45, 7) is 2.08. The fourth-order valence-electron chi connectivity index (χ4n) is 3.17. The molecular formula is C18H19IO2. The van der Waals surface area contributed by atoms with Crippen LogP contribution in [0.1, 0.15) is 24.2 Å². The number of hydrogen-bond acceptors (Lipinski definition) is 2. The van der Waals surface area contributed by atoms with Gasteiger partial charge in [0, 0.05) is 10.3 Å². The zero-order chi connectivity index (χ0) is 14.9. The lowest BCUT2D eigenvalue weighted by molar-refractivity contribution is -0.0606. The van der Waals surface area contributed by atoms with Crippen molar-refractivity contribution in [3.05, 3.63) is 71.8 Å². The van der Waals surface area contributed by atoms with Crippen LogP contribution in [-0.4, -0.2) is 15.6 Å². The monoisotopic (exact) mass is 394 g/mol. The van der Waals surface area contributed by atoms with Crippen LogP contribution in [0.5, 0.6) is 0 Å². The first-order valence-corrected chi connectivity index (χ1v) is 8.74. The molecular weight excluding hydrogens is 375 g/mol. The number of ether oxygens (including phenoxy) is 1. The second kappa shape index (κ2) is 6.07. The van der Waals surface area contributed by atoms with Gasteiger partial charge in [-0.05, 0) is 11.1 Å². The van der Waals surface area contributed by atoms with Crippen LogP contribution < -0.4 is 0 Å². The van der Waals surface area contributed by atoms with E-state index < -0.39 is 5.60 Å². The maximum absolute atomic E-state index is 11.5. The van der Waals surface area contributed by atoms with Gasteiger partial charge in [-0.15, -0.1) is 0 Å².